The van der Waals surface area contributed by atoms with Crippen molar-refractivity contribution >= 4 is 50.7 Å². The van der Waals surface area contributed by atoms with Crippen LogP contribution in [0.5, 0.6) is 0 Å². The van der Waals surface area contributed by atoms with E-state index in [0.717, 1.165) is 15.8 Å². The number of amides is 1. The van der Waals surface area contributed by atoms with Gasteiger partial charge in [0.25, 0.3) is 5.91 Å². The van der Waals surface area contributed by atoms with E-state index in [4.69, 9.17) is 23.2 Å². The largest absolute Gasteiger partial charge is 0.319 e. The molecular weight excluding hydrogens is 339 g/mol. The first-order chi connectivity index (χ1) is 10.5. The Kier molecular flexibility index (Phi) is 4.08. The molecule has 0 saturated heterocycles. The molecule has 2 aromatic carbocycles. The quantitative estimate of drug-likeness (QED) is 0.631. The number of benzene rings is 2. The number of halogens is 2. The molecule has 0 atom stereocenters. The molecule has 0 fully saturated rings. The normalized spacial score (nSPS) is 12.1. The zero-order valence-corrected chi connectivity index (χ0v) is 14.3. The van der Waals surface area contributed by atoms with Gasteiger partial charge in [0.2, 0.25) is 0 Å². The molecule has 1 aromatic heterocycles. The summed E-state index contributed by atoms with van der Waals surface area (Å²) < 4.78 is 2.83. The summed E-state index contributed by atoms with van der Waals surface area (Å²) in [5, 5.41) is 1.26. The van der Waals surface area contributed by atoms with E-state index >= 15 is 0 Å². The molecule has 0 unspecified atom stereocenters. The second-order valence-electron chi connectivity index (χ2n) is 4.91. The summed E-state index contributed by atoms with van der Waals surface area (Å²) in [4.78, 5) is 17.1. The number of nitrogens with zero attached hydrogens (tertiary/aromatic N) is 2. The lowest BCUT2D eigenvalue weighted by Gasteiger charge is -2.00. The van der Waals surface area contributed by atoms with Gasteiger partial charge in [-0.3, -0.25) is 4.79 Å². The summed E-state index contributed by atoms with van der Waals surface area (Å²) in [5.74, 6) is -0.299. The molecule has 0 aliphatic carbocycles. The lowest BCUT2D eigenvalue weighted by molar-refractivity contribution is 0.0998. The van der Waals surface area contributed by atoms with Crippen molar-refractivity contribution in [2.45, 2.75) is 6.92 Å². The molecule has 1 heterocycles. The zero-order valence-electron chi connectivity index (χ0n) is 11.9. The highest BCUT2D eigenvalue weighted by Gasteiger charge is 2.11. The number of aromatic nitrogens is 1. The van der Waals surface area contributed by atoms with E-state index in [0.29, 0.717) is 20.4 Å². The van der Waals surface area contributed by atoms with Crippen LogP contribution in [0.1, 0.15) is 15.9 Å². The van der Waals surface area contributed by atoms with E-state index in [9.17, 15) is 4.79 Å². The van der Waals surface area contributed by atoms with Crippen LogP contribution >= 0.6 is 34.5 Å². The fourth-order valence-electron chi connectivity index (χ4n) is 2.26. The number of rotatable bonds is 1. The first kappa shape index (κ1) is 15.3. The van der Waals surface area contributed by atoms with Gasteiger partial charge in [0.1, 0.15) is 0 Å². The maximum Gasteiger partial charge on any atom is 0.279 e. The van der Waals surface area contributed by atoms with Crippen LogP contribution < -0.4 is 4.80 Å². The van der Waals surface area contributed by atoms with Crippen LogP contribution in [0.4, 0.5) is 0 Å². The standard InChI is InChI=1S/C16H12Cl2N2OS/c1-9-3-8-12(18)14-13(9)20(2)16(22-14)19-15(21)10-4-6-11(17)7-5-10/h3-8H,1-2H3. The van der Waals surface area contributed by atoms with Gasteiger partial charge >= 0.3 is 0 Å². The van der Waals surface area contributed by atoms with Gasteiger partial charge in [-0.25, -0.2) is 0 Å². The van der Waals surface area contributed by atoms with Gasteiger partial charge in [-0.2, -0.15) is 4.99 Å². The number of aryl methyl sites for hydroxylation is 2. The number of hydrogen-bond donors (Lipinski definition) is 0. The number of carbonyl (C=O) groups excluding carboxylic acids is 1. The Morgan fingerprint density at radius 2 is 1.82 bits per heavy atom. The van der Waals surface area contributed by atoms with E-state index in [1.807, 2.05) is 30.7 Å². The molecule has 6 heteroatoms. The molecule has 0 spiro atoms. The predicted molar refractivity (Wildman–Crippen MR) is 91.9 cm³/mol. The minimum Gasteiger partial charge on any atom is -0.319 e. The van der Waals surface area contributed by atoms with Crippen molar-refractivity contribution in [3.8, 4) is 0 Å². The Morgan fingerprint density at radius 1 is 1.14 bits per heavy atom. The Morgan fingerprint density at radius 3 is 2.45 bits per heavy atom. The molecule has 1 amide bonds. The monoisotopic (exact) mass is 350 g/mol. The highest BCUT2D eigenvalue weighted by Crippen LogP contribution is 2.28. The molecule has 3 aromatic rings. The molecule has 3 nitrogen and oxygen atoms in total. The van der Waals surface area contributed by atoms with Crippen LogP contribution in [0, 0.1) is 6.92 Å². The highest BCUT2D eigenvalue weighted by atomic mass is 35.5. The molecule has 0 aliphatic heterocycles. The summed E-state index contributed by atoms with van der Waals surface area (Å²) in [6, 6.07) is 10.5. The van der Waals surface area contributed by atoms with Crippen molar-refractivity contribution in [3.05, 3.63) is 62.4 Å². The first-order valence-electron chi connectivity index (χ1n) is 6.56. The van der Waals surface area contributed by atoms with Crippen molar-refractivity contribution in [1.29, 1.82) is 0 Å². The molecule has 3 rings (SSSR count). The van der Waals surface area contributed by atoms with Crippen molar-refractivity contribution in [2.24, 2.45) is 12.0 Å². The van der Waals surface area contributed by atoms with E-state index in [-0.39, 0.29) is 5.91 Å². The average molecular weight is 351 g/mol. The van der Waals surface area contributed by atoms with Crippen molar-refractivity contribution in [1.82, 2.24) is 4.57 Å². The predicted octanol–water partition coefficient (Wildman–Crippen LogP) is 4.60. The maximum atomic E-state index is 12.3. The minimum absolute atomic E-state index is 0.299. The number of fused-ring (bicyclic) bond motifs is 1. The third-order valence-corrected chi connectivity index (χ3v) is 5.23. The van der Waals surface area contributed by atoms with Crippen molar-refractivity contribution in [3.63, 3.8) is 0 Å². The summed E-state index contributed by atoms with van der Waals surface area (Å²) in [6.07, 6.45) is 0. The van der Waals surface area contributed by atoms with E-state index in [1.165, 1.54) is 11.3 Å². The number of hydrogen-bond acceptors (Lipinski definition) is 2. The van der Waals surface area contributed by atoms with E-state index in [1.54, 1.807) is 24.3 Å². The van der Waals surface area contributed by atoms with Crippen molar-refractivity contribution < 1.29 is 4.79 Å². The lowest BCUT2D eigenvalue weighted by Crippen LogP contribution is -2.13. The van der Waals surface area contributed by atoms with Gasteiger partial charge in [0, 0.05) is 17.6 Å². The summed E-state index contributed by atoms with van der Waals surface area (Å²) in [6.45, 7) is 2.01. The number of thiazole rings is 1. The second-order valence-corrected chi connectivity index (χ2v) is 6.73. The topological polar surface area (TPSA) is 34.4 Å². The molecule has 0 N–H and O–H groups in total. The smallest absolute Gasteiger partial charge is 0.279 e. The fourth-order valence-corrected chi connectivity index (χ4v) is 3.75. The van der Waals surface area contributed by atoms with Gasteiger partial charge in [-0.1, -0.05) is 40.6 Å². The average Bonchev–Trinajstić information content (AvgIpc) is 2.82. The molecule has 0 aliphatic rings. The Bertz CT molecular complexity index is 939. The zero-order chi connectivity index (χ0) is 15.9. The van der Waals surface area contributed by atoms with Crippen LogP contribution in [0.15, 0.2) is 41.4 Å². The van der Waals surface area contributed by atoms with Gasteiger partial charge < -0.3 is 4.57 Å². The van der Waals surface area contributed by atoms with Crippen LogP contribution in [0.2, 0.25) is 10.0 Å². The van der Waals surface area contributed by atoms with Gasteiger partial charge in [0.15, 0.2) is 4.80 Å². The Labute approximate surface area is 141 Å². The van der Waals surface area contributed by atoms with Gasteiger partial charge in [-0.05, 0) is 42.8 Å². The molecule has 0 bridgehead atoms. The fraction of sp³-hybridized carbons (Fsp3) is 0.125. The molecule has 22 heavy (non-hydrogen) atoms. The summed E-state index contributed by atoms with van der Waals surface area (Å²) >= 11 is 13.5. The Hall–Kier alpha value is -1.62. The summed E-state index contributed by atoms with van der Waals surface area (Å²) in [7, 11) is 1.89. The Balaban J connectivity index is 2.15. The van der Waals surface area contributed by atoms with E-state index < -0.39 is 0 Å². The molecule has 112 valence electrons. The van der Waals surface area contributed by atoms with Crippen LogP contribution in [0.3, 0.4) is 0 Å². The lowest BCUT2D eigenvalue weighted by atomic mass is 10.2. The second kappa shape index (κ2) is 5.88. The maximum absolute atomic E-state index is 12.3. The SMILES string of the molecule is Cc1ccc(Cl)c2sc(=NC(=O)c3ccc(Cl)cc3)n(C)c12. The third-order valence-electron chi connectivity index (χ3n) is 3.39. The highest BCUT2D eigenvalue weighted by molar-refractivity contribution is 7.17. The van der Waals surface area contributed by atoms with Gasteiger partial charge in [-0.15, -0.1) is 0 Å². The minimum atomic E-state index is -0.299. The first-order valence-corrected chi connectivity index (χ1v) is 8.14. The molecular formula is C16H12Cl2N2OS. The molecule has 0 saturated carbocycles. The van der Waals surface area contributed by atoms with Crippen LogP contribution in [0.25, 0.3) is 10.2 Å². The van der Waals surface area contributed by atoms with Gasteiger partial charge in [0.05, 0.1) is 15.2 Å². The van der Waals surface area contributed by atoms with E-state index in [2.05, 4.69) is 4.99 Å². The summed E-state index contributed by atoms with van der Waals surface area (Å²) in [5.41, 5.74) is 2.60. The van der Waals surface area contributed by atoms with Crippen LogP contribution in [-0.2, 0) is 7.05 Å². The third kappa shape index (κ3) is 2.70. The van der Waals surface area contributed by atoms with Crippen molar-refractivity contribution in [2.75, 3.05) is 0 Å². The van der Waals surface area contributed by atoms with Crippen LogP contribution in [-0.4, -0.2) is 10.5 Å². The number of carbonyl (C=O) groups is 1. The molecule has 0 radical (unpaired) electrons.